The Hall–Kier alpha value is -1.19. The summed E-state index contributed by atoms with van der Waals surface area (Å²) in [6.07, 6.45) is 0. The minimum absolute atomic E-state index is 0.146. The van der Waals surface area contributed by atoms with Gasteiger partial charge in [-0.05, 0) is 0 Å². The number of rotatable bonds is 5. The zero-order chi connectivity index (χ0) is 20.3. The van der Waals surface area contributed by atoms with E-state index in [1.165, 1.54) is 21.5 Å². The predicted octanol–water partition coefficient (Wildman–Crippen LogP) is 7.06. The van der Waals surface area contributed by atoms with Gasteiger partial charge in [0.2, 0.25) is 0 Å². The van der Waals surface area contributed by atoms with Gasteiger partial charge in [-0.3, -0.25) is 0 Å². The molecule has 0 saturated carbocycles. The van der Waals surface area contributed by atoms with Gasteiger partial charge in [-0.25, -0.2) is 0 Å². The molecule has 0 spiro atoms. The van der Waals surface area contributed by atoms with E-state index in [1.807, 2.05) is 6.07 Å². The summed E-state index contributed by atoms with van der Waals surface area (Å²) < 4.78 is 1.22. The fourth-order valence-corrected chi connectivity index (χ4v) is 12.0. The monoisotopic (exact) mass is 592 g/mol. The summed E-state index contributed by atoms with van der Waals surface area (Å²) in [5, 5.41) is 4.93. The fourth-order valence-electron chi connectivity index (χ4n) is 3.96. The van der Waals surface area contributed by atoms with Crippen molar-refractivity contribution in [3.8, 4) is 0 Å². The number of hydrogen-bond donors (Lipinski definition) is 0. The normalized spacial score (nSPS) is 13.1. The molecular weight excluding hydrogens is 574 g/mol. The molecule has 4 heteroatoms. The third-order valence-electron chi connectivity index (χ3n) is 5.30. The van der Waals surface area contributed by atoms with Crippen molar-refractivity contribution in [1.82, 2.24) is 0 Å². The van der Waals surface area contributed by atoms with Gasteiger partial charge < -0.3 is 0 Å². The quantitative estimate of drug-likeness (QED) is 0.132. The first kappa shape index (κ1) is 21.1. The van der Waals surface area contributed by atoms with Gasteiger partial charge in [-0.15, -0.1) is 0 Å². The summed E-state index contributed by atoms with van der Waals surface area (Å²) in [4.78, 5) is 0. The standard InChI is InChI=1S/C25H20BrClIP/c26-25(19-16-17-23(27)24(28)18-19)29(20-10-4-1-5-11-20,21-12-6-2-7-13-21)22-14-8-3-9-15-22/h1-18,25,29H. The van der Waals surface area contributed by atoms with E-state index in [2.05, 4.69) is 142 Å². The van der Waals surface area contributed by atoms with Gasteiger partial charge >= 0.3 is 201 Å². The molecule has 4 aromatic carbocycles. The van der Waals surface area contributed by atoms with Gasteiger partial charge in [0.05, 0.1) is 0 Å². The molecule has 1 atom stereocenters. The molecule has 1 unspecified atom stereocenters. The van der Waals surface area contributed by atoms with Gasteiger partial charge in [0, 0.05) is 0 Å². The third-order valence-corrected chi connectivity index (χ3v) is 14.3. The first-order valence-electron chi connectivity index (χ1n) is 9.39. The van der Waals surface area contributed by atoms with E-state index in [0.29, 0.717) is 0 Å². The molecule has 0 aliphatic heterocycles. The van der Waals surface area contributed by atoms with Crippen LogP contribution in [0, 0.1) is 3.57 Å². The summed E-state index contributed by atoms with van der Waals surface area (Å²) in [6.45, 7) is 0. The van der Waals surface area contributed by atoms with Crippen molar-refractivity contribution in [3.63, 3.8) is 0 Å². The van der Waals surface area contributed by atoms with Crippen molar-refractivity contribution in [3.05, 3.63) is 123 Å². The van der Waals surface area contributed by atoms with Crippen LogP contribution in [0.4, 0.5) is 0 Å². The Morgan fingerprint density at radius 2 is 1.07 bits per heavy atom. The van der Waals surface area contributed by atoms with Crippen LogP contribution in [0.5, 0.6) is 0 Å². The maximum absolute atomic E-state index is 6.34. The van der Waals surface area contributed by atoms with Crippen LogP contribution in [0.25, 0.3) is 0 Å². The minimum atomic E-state index is -2.44. The second-order valence-electron chi connectivity index (χ2n) is 6.94. The first-order chi connectivity index (χ1) is 14.1. The molecule has 0 heterocycles. The van der Waals surface area contributed by atoms with Crippen LogP contribution < -0.4 is 15.9 Å². The second kappa shape index (κ2) is 9.31. The molecule has 4 rings (SSSR count). The topological polar surface area (TPSA) is 0 Å². The summed E-state index contributed by atoms with van der Waals surface area (Å²) in [7, 11) is -2.44. The number of alkyl halides is 1. The van der Waals surface area contributed by atoms with E-state index in [1.54, 1.807) is 0 Å². The van der Waals surface area contributed by atoms with Gasteiger partial charge in [0.1, 0.15) is 0 Å². The summed E-state index contributed by atoms with van der Waals surface area (Å²) >= 11 is 12.9. The average molecular weight is 594 g/mol. The molecule has 146 valence electrons. The van der Waals surface area contributed by atoms with E-state index in [9.17, 15) is 0 Å². The molecule has 0 aromatic heterocycles. The molecule has 0 N–H and O–H groups in total. The van der Waals surface area contributed by atoms with Crippen molar-refractivity contribution in [2.45, 2.75) is 4.57 Å². The molecule has 0 saturated heterocycles. The zero-order valence-corrected chi connectivity index (χ0v) is 21.1. The molecule has 0 amide bonds. The number of benzene rings is 4. The van der Waals surface area contributed by atoms with E-state index < -0.39 is 7.26 Å². The van der Waals surface area contributed by atoms with Crippen molar-refractivity contribution < 1.29 is 0 Å². The van der Waals surface area contributed by atoms with Crippen LogP contribution in [0.15, 0.2) is 109 Å². The Balaban J connectivity index is 2.06. The molecular formula is C25H20BrClIP. The maximum atomic E-state index is 6.34. The zero-order valence-electron chi connectivity index (χ0n) is 15.6. The van der Waals surface area contributed by atoms with Crippen molar-refractivity contribution >= 4 is 73.3 Å². The Morgan fingerprint density at radius 1 is 0.655 bits per heavy atom. The molecule has 0 bridgehead atoms. The van der Waals surface area contributed by atoms with Crippen LogP contribution in [-0.4, -0.2) is 0 Å². The average Bonchev–Trinajstić information content (AvgIpc) is 2.78. The van der Waals surface area contributed by atoms with Gasteiger partial charge in [0.15, 0.2) is 0 Å². The van der Waals surface area contributed by atoms with E-state index >= 15 is 0 Å². The Kier molecular flexibility index (Phi) is 6.76. The molecule has 0 aliphatic rings. The van der Waals surface area contributed by atoms with Crippen LogP contribution >= 0.6 is 57.4 Å². The molecule has 0 radical (unpaired) electrons. The van der Waals surface area contributed by atoms with Gasteiger partial charge in [-0.1, -0.05) is 0 Å². The predicted molar refractivity (Wildman–Crippen MR) is 142 cm³/mol. The van der Waals surface area contributed by atoms with Crippen molar-refractivity contribution in [1.29, 1.82) is 0 Å². The molecule has 4 aromatic rings. The van der Waals surface area contributed by atoms with E-state index in [4.69, 9.17) is 11.6 Å². The third kappa shape index (κ3) is 4.05. The molecule has 0 nitrogen and oxygen atoms in total. The SMILES string of the molecule is Clc1ccc(C(Br)[PH](c2ccccc2)(c2ccccc2)c2ccccc2)cc1I. The van der Waals surface area contributed by atoms with Crippen molar-refractivity contribution in [2.75, 3.05) is 0 Å². The van der Waals surface area contributed by atoms with E-state index in [-0.39, 0.29) is 4.57 Å². The summed E-state index contributed by atoms with van der Waals surface area (Å²) in [6, 6.07) is 39.2. The van der Waals surface area contributed by atoms with Crippen LogP contribution in [0.2, 0.25) is 5.02 Å². The van der Waals surface area contributed by atoms with Crippen LogP contribution in [-0.2, 0) is 0 Å². The first-order valence-corrected chi connectivity index (χ1v) is 13.8. The Morgan fingerprint density at radius 3 is 1.45 bits per heavy atom. The van der Waals surface area contributed by atoms with Gasteiger partial charge in [-0.2, -0.15) is 0 Å². The van der Waals surface area contributed by atoms with Gasteiger partial charge in [0.25, 0.3) is 0 Å². The summed E-state index contributed by atoms with van der Waals surface area (Å²) in [5.41, 5.74) is 1.25. The van der Waals surface area contributed by atoms with Crippen LogP contribution in [0.3, 0.4) is 0 Å². The summed E-state index contributed by atoms with van der Waals surface area (Å²) in [5.74, 6) is 0. The van der Waals surface area contributed by atoms with Crippen LogP contribution in [0.1, 0.15) is 10.1 Å². The Labute approximate surface area is 199 Å². The molecule has 29 heavy (non-hydrogen) atoms. The molecule has 0 aliphatic carbocycles. The van der Waals surface area contributed by atoms with E-state index in [0.717, 1.165) is 8.59 Å². The van der Waals surface area contributed by atoms with Crippen molar-refractivity contribution in [2.24, 2.45) is 0 Å². The Bertz CT molecular complexity index is 991. The fraction of sp³-hybridized carbons (Fsp3) is 0.0400. The number of halogens is 3. The molecule has 0 fully saturated rings. The second-order valence-corrected chi connectivity index (χ2v) is 14.2. The number of hydrogen-bond acceptors (Lipinski definition) is 0.